The topological polar surface area (TPSA) is 39.0 Å². The summed E-state index contributed by atoms with van der Waals surface area (Å²) in [5, 5.41) is 0. The molecule has 0 heterocycles. The van der Waals surface area contributed by atoms with Crippen molar-refractivity contribution in [2.45, 2.75) is 27.2 Å². The lowest BCUT2D eigenvalue weighted by Crippen LogP contribution is -2.28. The standard InChI is InChI=1S/C12H23O4/c1-9(10(13-4)14-5)8-12(2,3)11(15-6)16-7/h8H2,1-7H3/q+1. The first-order valence-electron chi connectivity index (χ1n) is 5.16. The van der Waals surface area contributed by atoms with Crippen molar-refractivity contribution < 1.29 is 18.6 Å². The van der Waals surface area contributed by atoms with Gasteiger partial charge < -0.3 is 18.6 Å². The van der Waals surface area contributed by atoms with Gasteiger partial charge in [-0.05, 0) is 27.2 Å². The Kier molecular flexibility index (Phi) is 5.93. The molecule has 0 aromatic rings. The Morgan fingerprint density at radius 1 is 1.06 bits per heavy atom. The second-order valence-corrected chi connectivity index (χ2v) is 4.23. The van der Waals surface area contributed by atoms with E-state index in [-0.39, 0.29) is 5.41 Å². The molecule has 0 aliphatic rings. The van der Waals surface area contributed by atoms with Gasteiger partial charge in [-0.2, -0.15) is 0 Å². The average Bonchev–Trinajstić information content (AvgIpc) is 2.19. The number of carbonyl (C=O) groups excluding carboxylic acids is 1. The maximum absolute atomic E-state index is 5.20. The zero-order valence-corrected chi connectivity index (χ0v) is 11.3. The molecule has 0 aliphatic heterocycles. The molecule has 0 atom stereocenters. The largest absolute Gasteiger partial charge is 0.490 e. The van der Waals surface area contributed by atoms with E-state index in [1.54, 1.807) is 28.4 Å². The van der Waals surface area contributed by atoms with Crippen LogP contribution in [-0.4, -0.2) is 34.4 Å². The molecule has 0 unspecified atom stereocenters. The van der Waals surface area contributed by atoms with E-state index in [1.807, 2.05) is 20.8 Å². The Hall–Kier alpha value is -1.19. The highest BCUT2D eigenvalue weighted by atomic mass is 16.7. The van der Waals surface area contributed by atoms with Crippen molar-refractivity contribution in [1.29, 1.82) is 0 Å². The zero-order valence-electron chi connectivity index (χ0n) is 11.3. The minimum Gasteiger partial charge on any atom is -0.469 e. The fourth-order valence-corrected chi connectivity index (χ4v) is 1.87. The van der Waals surface area contributed by atoms with Crippen molar-refractivity contribution in [2.75, 3.05) is 28.4 Å². The van der Waals surface area contributed by atoms with Crippen LogP contribution in [0.4, 0.5) is 0 Å². The van der Waals surface area contributed by atoms with Crippen LogP contribution in [0, 0.1) is 5.41 Å². The SMILES string of the molecule is COC(=[O+]C)C(C)(C)CC(C)=C(OC)OC. The van der Waals surface area contributed by atoms with Crippen molar-refractivity contribution in [3.63, 3.8) is 0 Å². The summed E-state index contributed by atoms with van der Waals surface area (Å²) in [7, 11) is 6.39. The average molecular weight is 231 g/mol. The van der Waals surface area contributed by atoms with Gasteiger partial charge in [0, 0.05) is 5.57 Å². The number of methoxy groups -OCH3 is 3. The predicted molar refractivity (Wildman–Crippen MR) is 63.1 cm³/mol. The zero-order chi connectivity index (χ0) is 12.8. The van der Waals surface area contributed by atoms with Crippen LogP contribution in [0.25, 0.3) is 0 Å². The highest BCUT2D eigenvalue weighted by Crippen LogP contribution is 2.28. The Morgan fingerprint density at radius 2 is 1.56 bits per heavy atom. The van der Waals surface area contributed by atoms with Crippen molar-refractivity contribution in [2.24, 2.45) is 5.41 Å². The second kappa shape index (κ2) is 6.40. The maximum atomic E-state index is 5.20. The summed E-state index contributed by atoms with van der Waals surface area (Å²) in [6.45, 7) is 6.05. The Labute approximate surface area is 97.9 Å². The van der Waals surface area contributed by atoms with Gasteiger partial charge in [0.25, 0.3) is 5.95 Å². The summed E-state index contributed by atoms with van der Waals surface area (Å²) in [6, 6.07) is 0. The monoisotopic (exact) mass is 231 g/mol. The number of allylic oxidation sites excluding steroid dienone is 1. The number of ether oxygens (including phenoxy) is 3. The minimum absolute atomic E-state index is 0.226. The van der Waals surface area contributed by atoms with Crippen LogP contribution in [0.15, 0.2) is 11.5 Å². The van der Waals surface area contributed by atoms with Crippen molar-refractivity contribution in [3.8, 4) is 0 Å². The fourth-order valence-electron chi connectivity index (χ4n) is 1.87. The van der Waals surface area contributed by atoms with Crippen molar-refractivity contribution in [1.82, 2.24) is 0 Å². The molecule has 0 bridgehead atoms. The highest BCUT2D eigenvalue weighted by Gasteiger charge is 2.37. The second-order valence-electron chi connectivity index (χ2n) is 4.23. The normalized spacial score (nSPS) is 12.1. The van der Waals surface area contributed by atoms with E-state index >= 15 is 0 Å². The summed E-state index contributed by atoms with van der Waals surface area (Å²) in [6.07, 6.45) is 0.737. The molecule has 0 aliphatic carbocycles. The van der Waals surface area contributed by atoms with Crippen LogP contribution >= 0.6 is 0 Å². The molecule has 0 saturated heterocycles. The number of rotatable bonds is 5. The van der Waals surface area contributed by atoms with Crippen LogP contribution in [-0.2, 0) is 18.6 Å². The molecule has 0 rings (SSSR count). The minimum atomic E-state index is -0.226. The maximum Gasteiger partial charge on any atom is 0.490 e. The lowest BCUT2D eigenvalue weighted by atomic mass is 9.86. The predicted octanol–water partition coefficient (Wildman–Crippen LogP) is 2.27. The van der Waals surface area contributed by atoms with Gasteiger partial charge in [0.1, 0.15) is 5.41 Å². The Morgan fingerprint density at radius 3 is 1.88 bits per heavy atom. The van der Waals surface area contributed by atoms with Crippen LogP contribution in [0.5, 0.6) is 0 Å². The quantitative estimate of drug-likeness (QED) is 0.414. The third-order valence-corrected chi connectivity index (χ3v) is 2.35. The fraction of sp³-hybridized carbons (Fsp3) is 0.750. The van der Waals surface area contributed by atoms with Crippen molar-refractivity contribution in [3.05, 3.63) is 11.5 Å². The molecular weight excluding hydrogens is 208 g/mol. The van der Waals surface area contributed by atoms with Crippen LogP contribution in [0.3, 0.4) is 0 Å². The summed E-state index contributed by atoms with van der Waals surface area (Å²) >= 11 is 0. The lowest BCUT2D eigenvalue weighted by molar-refractivity contribution is -0.436. The molecule has 0 N–H and O–H groups in total. The molecule has 94 valence electrons. The van der Waals surface area contributed by atoms with Gasteiger partial charge in [0.05, 0.1) is 14.2 Å². The van der Waals surface area contributed by atoms with Gasteiger partial charge in [-0.1, -0.05) is 0 Å². The summed E-state index contributed by atoms with van der Waals surface area (Å²) < 4.78 is 20.6. The lowest BCUT2D eigenvalue weighted by Gasteiger charge is -2.18. The number of hydrogen-bond donors (Lipinski definition) is 0. The third-order valence-electron chi connectivity index (χ3n) is 2.35. The van der Waals surface area contributed by atoms with Gasteiger partial charge in [-0.25, -0.2) is 0 Å². The van der Waals surface area contributed by atoms with E-state index in [1.165, 1.54) is 0 Å². The molecule has 0 radical (unpaired) electrons. The molecule has 0 fully saturated rings. The van der Waals surface area contributed by atoms with Crippen LogP contribution < -0.4 is 0 Å². The molecule has 4 nitrogen and oxygen atoms in total. The summed E-state index contributed by atoms with van der Waals surface area (Å²) in [5.74, 6) is 1.14. The molecule has 0 amide bonds. The van der Waals surface area contributed by atoms with E-state index in [2.05, 4.69) is 0 Å². The molecule has 0 saturated carbocycles. The van der Waals surface area contributed by atoms with Crippen molar-refractivity contribution >= 4 is 5.97 Å². The van der Waals surface area contributed by atoms with Gasteiger partial charge >= 0.3 is 5.97 Å². The Bertz CT molecular complexity index is 271. The van der Waals surface area contributed by atoms with Gasteiger partial charge in [-0.15, -0.1) is 0 Å². The molecule has 0 aromatic carbocycles. The first-order chi connectivity index (χ1) is 7.42. The third kappa shape index (κ3) is 3.76. The van der Waals surface area contributed by atoms with E-state index in [9.17, 15) is 0 Å². The molecule has 16 heavy (non-hydrogen) atoms. The molecule has 0 aromatic heterocycles. The highest BCUT2D eigenvalue weighted by molar-refractivity contribution is 5.76. The number of esters is 1. The Balaban J connectivity index is 4.90. The van der Waals surface area contributed by atoms with E-state index in [0.717, 1.165) is 12.0 Å². The first-order valence-corrected chi connectivity index (χ1v) is 5.16. The molecule has 4 heteroatoms. The summed E-state index contributed by atoms with van der Waals surface area (Å²) in [5.41, 5.74) is 0.789. The molecular formula is C12H23O4+. The van der Waals surface area contributed by atoms with Gasteiger partial charge in [0.15, 0.2) is 14.2 Å². The first kappa shape index (κ1) is 14.8. The van der Waals surface area contributed by atoms with Gasteiger partial charge in [-0.3, -0.25) is 0 Å². The van der Waals surface area contributed by atoms with Crippen LogP contribution in [0.1, 0.15) is 27.2 Å². The number of hydrogen-bond acceptors (Lipinski definition) is 3. The van der Waals surface area contributed by atoms with Crippen LogP contribution in [0.2, 0.25) is 0 Å². The van der Waals surface area contributed by atoms with Gasteiger partial charge in [0.2, 0.25) is 0 Å². The summed E-state index contributed by atoms with van der Waals surface area (Å²) in [4.78, 5) is 0. The smallest absolute Gasteiger partial charge is 0.469 e. The molecule has 0 spiro atoms. The van der Waals surface area contributed by atoms with E-state index in [0.29, 0.717) is 11.9 Å². The van der Waals surface area contributed by atoms with E-state index in [4.69, 9.17) is 18.6 Å². The van der Waals surface area contributed by atoms with E-state index < -0.39 is 0 Å².